The topological polar surface area (TPSA) is 34.2 Å². The molecule has 0 saturated heterocycles. The Bertz CT molecular complexity index is 338. The van der Waals surface area contributed by atoms with E-state index in [2.05, 4.69) is 38.0 Å². The van der Waals surface area contributed by atoms with Crippen LogP contribution in [0.1, 0.15) is 63.1 Å². The van der Waals surface area contributed by atoms with Crippen LogP contribution in [0.2, 0.25) is 0 Å². The maximum Gasteiger partial charge on any atom is 0.122 e. The Labute approximate surface area is 115 Å². The van der Waals surface area contributed by atoms with Crippen molar-refractivity contribution in [2.24, 2.45) is 5.92 Å². The van der Waals surface area contributed by atoms with E-state index in [9.17, 15) is 0 Å². The van der Waals surface area contributed by atoms with Gasteiger partial charge in [0, 0.05) is 23.7 Å². The molecule has 0 fully saturated rings. The lowest BCUT2D eigenvalue weighted by atomic mass is 10.1. The van der Waals surface area contributed by atoms with Crippen molar-refractivity contribution in [3.63, 3.8) is 0 Å². The van der Waals surface area contributed by atoms with Crippen LogP contribution in [0.15, 0.2) is 6.20 Å². The third-order valence-corrected chi connectivity index (χ3v) is 4.11. The molecule has 3 nitrogen and oxygen atoms in total. The van der Waals surface area contributed by atoms with Crippen LogP contribution >= 0.6 is 11.3 Å². The van der Waals surface area contributed by atoms with Gasteiger partial charge in [0.15, 0.2) is 0 Å². The van der Waals surface area contributed by atoms with Gasteiger partial charge >= 0.3 is 0 Å². The lowest BCUT2D eigenvalue weighted by molar-refractivity contribution is 0.0293. The highest BCUT2D eigenvalue weighted by Crippen LogP contribution is 2.31. The number of hydrogen-bond donors (Lipinski definition) is 1. The van der Waals surface area contributed by atoms with E-state index in [4.69, 9.17) is 4.74 Å². The molecule has 0 aliphatic rings. The quantitative estimate of drug-likeness (QED) is 0.777. The Morgan fingerprint density at radius 2 is 2.06 bits per heavy atom. The molecule has 2 unspecified atom stereocenters. The summed E-state index contributed by atoms with van der Waals surface area (Å²) in [4.78, 5) is 5.83. The fourth-order valence-electron chi connectivity index (χ4n) is 1.82. The fourth-order valence-corrected chi connectivity index (χ4v) is 2.99. The minimum absolute atomic E-state index is 0.132. The molecule has 1 rings (SSSR count). The van der Waals surface area contributed by atoms with Crippen molar-refractivity contribution in [3.8, 4) is 0 Å². The van der Waals surface area contributed by atoms with E-state index in [1.165, 1.54) is 4.88 Å². The van der Waals surface area contributed by atoms with Gasteiger partial charge < -0.3 is 10.1 Å². The van der Waals surface area contributed by atoms with Crippen LogP contribution in [0.3, 0.4) is 0 Å². The van der Waals surface area contributed by atoms with Crippen molar-refractivity contribution in [2.75, 3.05) is 13.2 Å². The van der Waals surface area contributed by atoms with Gasteiger partial charge in [-0.25, -0.2) is 4.98 Å². The predicted octanol–water partition coefficient (Wildman–Crippen LogP) is 3.94. The van der Waals surface area contributed by atoms with E-state index in [-0.39, 0.29) is 6.10 Å². The standard InChI is InChI=1S/C14H26N2OS/c1-6-8-15-11(5)12-9-16-14(18-12)13(10(3)4)17-7-2/h9-11,13,15H,6-8H2,1-5H3. The summed E-state index contributed by atoms with van der Waals surface area (Å²) in [5, 5.41) is 4.60. The van der Waals surface area contributed by atoms with E-state index >= 15 is 0 Å². The van der Waals surface area contributed by atoms with Gasteiger partial charge in [0.2, 0.25) is 0 Å². The summed E-state index contributed by atoms with van der Waals surface area (Å²) in [6.45, 7) is 12.6. The highest BCUT2D eigenvalue weighted by atomic mass is 32.1. The van der Waals surface area contributed by atoms with Crippen LogP contribution < -0.4 is 5.32 Å². The maximum absolute atomic E-state index is 5.79. The molecule has 1 aromatic rings. The number of aromatic nitrogens is 1. The number of nitrogens with zero attached hydrogens (tertiary/aromatic N) is 1. The third kappa shape index (κ3) is 4.34. The van der Waals surface area contributed by atoms with Crippen molar-refractivity contribution >= 4 is 11.3 Å². The molecule has 0 aliphatic carbocycles. The summed E-state index contributed by atoms with van der Waals surface area (Å²) in [7, 11) is 0. The van der Waals surface area contributed by atoms with Crippen molar-refractivity contribution in [3.05, 3.63) is 16.1 Å². The zero-order valence-corrected chi connectivity index (χ0v) is 13.0. The van der Waals surface area contributed by atoms with Crippen LogP contribution in [0, 0.1) is 5.92 Å². The lowest BCUT2D eigenvalue weighted by Gasteiger charge is -2.18. The van der Waals surface area contributed by atoms with Crippen molar-refractivity contribution in [1.82, 2.24) is 10.3 Å². The van der Waals surface area contributed by atoms with Crippen LogP contribution in [0.4, 0.5) is 0 Å². The molecule has 2 atom stereocenters. The van der Waals surface area contributed by atoms with Crippen molar-refractivity contribution < 1.29 is 4.74 Å². The summed E-state index contributed by atoms with van der Waals surface area (Å²) < 4.78 is 5.79. The molecule has 4 heteroatoms. The summed E-state index contributed by atoms with van der Waals surface area (Å²) in [5.41, 5.74) is 0. The van der Waals surface area contributed by atoms with Gasteiger partial charge in [0.25, 0.3) is 0 Å². The van der Waals surface area contributed by atoms with Gasteiger partial charge in [0.05, 0.1) is 0 Å². The number of nitrogens with one attached hydrogen (secondary N) is 1. The first-order valence-corrected chi connectivity index (χ1v) is 7.72. The van der Waals surface area contributed by atoms with Gasteiger partial charge in [-0.15, -0.1) is 11.3 Å². The molecule has 1 heterocycles. The molecular formula is C14H26N2OS. The molecule has 0 aliphatic heterocycles. The van der Waals surface area contributed by atoms with Gasteiger partial charge in [0.1, 0.15) is 11.1 Å². The fraction of sp³-hybridized carbons (Fsp3) is 0.786. The van der Waals surface area contributed by atoms with E-state index in [0.29, 0.717) is 12.0 Å². The highest BCUT2D eigenvalue weighted by Gasteiger charge is 2.20. The molecule has 104 valence electrons. The van der Waals surface area contributed by atoms with Crippen LogP contribution in [0.25, 0.3) is 0 Å². The second-order valence-corrected chi connectivity index (χ2v) is 5.99. The molecule has 0 bridgehead atoms. The highest BCUT2D eigenvalue weighted by molar-refractivity contribution is 7.11. The SMILES string of the molecule is CCCNC(C)c1cnc(C(OCC)C(C)C)s1. The Hall–Kier alpha value is -0.450. The largest absolute Gasteiger partial charge is 0.371 e. The average Bonchev–Trinajstić information content (AvgIpc) is 2.81. The second kappa shape index (κ2) is 7.87. The Balaban J connectivity index is 2.71. The number of thiazole rings is 1. The second-order valence-electron chi connectivity index (χ2n) is 4.90. The Kier molecular flexibility index (Phi) is 6.82. The molecule has 0 saturated carbocycles. The minimum Gasteiger partial charge on any atom is -0.371 e. The molecule has 1 N–H and O–H groups in total. The van der Waals surface area contributed by atoms with Crippen molar-refractivity contribution in [2.45, 2.75) is 53.2 Å². The van der Waals surface area contributed by atoms with Gasteiger partial charge in [-0.1, -0.05) is 20.8 Å². The zero-order valence-electron chi connectivity index (χ0n) is 12.2. The molecule has 1 aromatic heterocycles. The summed E-state index contributed by atoms with van der Waals surface area (Å²) in [6, 6.07) is 0.380. The first-order chi connectivity index (χ1) is 8.60. The number of rotatable bonds is 8. The minimum atomic E-state index is 0.132. The van der Waals surface area contributed by atoms with Crippen LogP contribution in [0.5, 0.6) is 0 Å². The Morgan fingerprint density at radius 3 is 2.61 bits per heavy atom. The average molecular weight is 270 g/mol. The molecule has 0 aromatic carbocycles. The normalized spacial score (nSPS) is 15.0. The summed E-state index contributed by atoms with van der Waals surface area (Å²) in [6.07, 6.45) is 3.28. The first-order valence-electron chi connectivity index (χ1n) is 6.90. The van der Waals surface area contributed by atoms with Gasteiger partial charge in [-0.05, 0) is 32.7 Å². The zero-order chi connectivity index (χ0) is 13.5. The number of ether oxygens (including phenoxy) is 1. The maximum atomic E-state index is 5.79. The van der Waals surface area contributed by atoms with Crippen molar-refractivity contribution in [1.29, 1.82) is 0 Å². The smallest absolute Gasteiger partial charge is 0.122 e. The lowest BCUT2D eigenvalue weighted by Crippen LogP contribution is -2.18. The molecule has 18 heavy (non-hydrogen) atoms. The molecule has 0 spiro atoms. The predicted molar refractivity (Wildman–Crippen MR) is 78.0 cm³/mol. The summed E-state index contributed by atoms with van der Waals surface area (Å²) in [5.74, 6) is 0.461. The number of hydrogen-bond acceptors (Lipinski definition) is 4. The summed E-state index contributed by atoms with van der Waals surface area (Å²) >= 11 is 1.77. The molecule has 0 amide bonds. The van der Waals surface area contributed by atoms with Crippen LogP contribution in [-0.2, 0) is 4.74 Å². The molecular weight excluding hydrogens is 244 g/mol. The van der Waals surface area contributed by atoms with E-state index in [0.717, 1.165) is 24.6 Å². The Morgan fingerprint density at radius 1 is 1.33 bits per heavy atom. The van der Waals surface area contributed by atoms with Gasteiger partial charge in [-0.3, -0.25) is 0 Å². The van der Waals surface area contributed by atoms with E-state index in [1.807, 2.05) is 13.1 Å². The van der Waals surface area contributed by atoms with E-state index in [1.54, 1.807) is 11.3 Å². The third-order valence-electron chi connectivity index (χ3n) is 2.86. The van der Waals surface area contributed by atoms with E-state index < -0.39 is 0 Å². The monoisotopic (exact) mass is 270 g/mol. The molecule has 0 radical (unpaired) electrons. The first kappa shape index (κ1) is 15.6. The van der Waals surface area contributed by atoms with Gasteiger partial charge in [-0.2, -0.15) is 0 Å². The van der Waals surface area contributed by atoms with Crippen LogP contribution in [-0.4, -0.2) is 18.1 Å².